The summed E-state index contributed by atoms with van der Waals surface area (Å²) in [6, 6.07) is 20.6. The first-order valence-electron chi connectivity index (χ1n) is 12.4. The normalized spacial score (nSPS) is 15.5. The second-order valence-electron chi connectivity index (χ2n) is 9.52. The van der Waals surface area contributed by atoms with Crippen LogP contribution in [0.3, 0.4) is 0 Å². The van der Waals surface area contributed by atoms with Crippen LogP contribution in [0.1, 0.15) is 53.7 Å². The number of amides is 2. The van der Waals surface area contributed by atoms with Gasteiger partial charge in [-0.2, -0.15) is 5.26 Å². The molecule has 7 nitrogen and oxygen atoms in total. The van der Waals surface area contributed by atoms with E-state index in [0.717, 1.165) is 48.8 Å². The van der Waals surface area contributed by atoms with E-state index in [4.69, 9.17) is 0 Å². The molecule has 1 aliphatic rings. The predicted octanol–water partition coefficient (Wildman–Crippen LogP) is 4.42. The Kier molecular flexibility index (Phi) is 7.56. The van der Waals surface area contributed by atoms with Crippen LogP contribution in [0.5, 0.6) is 0 Å². The summed E-state index contributed by atoms with van der Waals surface area (Å²) in [7, 11) is 3.32. The average Bonchev–Trinajstić information content (AvgIpc) is 3.27. The van der Waals surface area contributed by atoms with Gasteiger partial charge in [0.05, 0.1) is 0 Å². The molecule has 186 valence electrons. The van der Waals surface area contributed by atoms with Crippen LogP contribution in [0.4, 0.5) is 5.82 Å². The van der Waals surface area contributed by atoms with Crippen molar-refractivity contribution in [3.8, 4) is 17.2 Å². The number of nitriles is 1. The van der Waals surface area contributed by atoms with E-state index in [-0.39, 0.29) is 18.2 Å². The first-order valence-corrected chi connectivity index (χ1v) is 12.4. The Bertz CT molecular complexity index is 1280. The third-order valence-electron chi connectivity index (χ3n) is 7.26. The molecule has 1 aliphatic carbocycles. The molecule has 0 bridgehead atoms. The minimum Gasteiger partial charge on any atom is -0.379 e. The number of hydrogen-bond donors (Lipinski definition) is 3. The predicted molar refractivity (Wildman–Crippen MR) is 139 cm³/mol. The summed E-state index contributed by atoms with van der Waals surface area (Å²) in [5.74, 6) is -0.257. The van der Waals surface area contributed by atoms with Crippen molar-refractivity contribution >= 4 is 17.6 Å². The fraction of sp³-hybridized carbons (Fsp3) is 0.345. The second kappa shape index (κ2) is 10.8. The number of carbonyl (C=O) groups excluding carboxylic acids is 2. The van der Waals surface area contributed by atoms with E-state index in [2.05, 4.69) is 16.7 Å². The van der Waals surface area contributed by atoms with Gasteiger partial charge in [-0.25, -0.2) is 0 Å². The zero-order chi connectivity index (χ0) is 25.7. The lowest BCUT2D eigenvalue weighted by molar-refractivity contribution is -0.141. The minimum atomic E-state index is -1.58. The second-order valence-corrected chi connectivity index (χ2v) is 9.52. The first-order chi connectivity index (χ1) is 17.4. The zero-order valence-electron chi connectivity index (χ0n) is 20.8. The van der Waals surface area contributed by atoms with Crippen molar-refractivity contribution in [1.82, 2.24) is 9.88 Å². The molecule has 36 heavy (non-hydrogen) atoms. The molecular formula is C29H32N4O3. The fourth-order valence-corrected chi connectivity index (χ4v) is 5.09. The molecule has 1 unspecified atom stereocenters. The van der Waals surface area contributed by atoms with Crippen molar-refractivity contribution in [2.75, 3.05) is 12.4 Å². The topological polar surface area (TPSA) is 107 Å². The molecule has 3 N–H and O–H groups in total. The van der Waals surface area contributed by atoms with Crippen molar-refractivity contribution in [1.29, 1.82) is 5.26 Å². The number of hydrogen-bond acceptors (Lipinski definition) is 4. The highest BCUT2D eigenvalue weighted by molar-refractivity contribution is 5.97. The molecule has 3 aromatic rings. The maximum atomic E-state index is 13.6. The molecule has 1 heterocycles. The third-order valence-corrected chi connectivity index (χ3v) is 7.26. The van der Waals surface area contributed by atoms with Crippen molar-refractivity contribution < 1.29 is 14.7 Å². The summed E-state index contributed by atoms with van der Waals surface area (Å²) in [5, 5.41) is 26.7. The van der Waals surface area contributed by atoms with Crippen LogP contribution in [0, 0.1) is 17.2 Å². The molecule has 1 atom stereocenters. The van der Waals surface area contributed by atoms with E-state index in [1.807, 2.05) is 36.4 Å². The van der Waals surface area contributed by atoms with Crippen molar-refractivity contribution in [2.45, 2.75) is 44.1 Å². The van der Waals surface area contributed by atoms with Crippen LogP contribution < -0.4 is 10.6 Å². The molecular weight excluding hydrogens is 452 g/mol. The molecule has 2 aromatic carbocycles. The average molecular weight is 485 g/mol. The fourth-order valence-electron chi connectivity index (χ4n) is 5.09. The van der Waals surface area contributed by atoms with Gasteiger partial charge >= 0.3 is 0 Å². The lowest BCUT2D eigenvalue weighted by Gasteiger charge is -2.37. The van der Waals surface area contributed by atoms with E-state index >= 15 is 0 Å². The van der Waals surface area contributed by atoms with E-state index in [0.29, 0.717) is 17.1 Å². The maximum absolute atomic E-state index is 13.6. The van der Waals surface area contributed by atoms with E-state index < -0.39 is 11.5 Å². The molecule has 0 saturated heterocycles. The number of nitrogens with one attached hydrogen (secondary N) is 2. The summed E-state index contributed by atoms with van der Waals surface area (Å²) in [6.45, 7) is 0. The zero-order valence-corrected chi connectivity index (χ0v) is 20.8. The van der Waals surface area contributed by atoms with Crippen LogP contribution >= 0.6 is 0 Å². The number of nitrogens with zero attached hydrogens (tertiary/aromatic N) is 2. The van der Waals surface area contributed by atoms with Crippen LogP contribution in [0.25, 0.3) is 11.1 Å². The molecule has 0 radical (unpaired) electrons. The van der Waals surface area contributed by atoms with Crippen LogP contribution in [-0.4, -0.2) is 34.1 Å². The summed E-state index contributed by atoms with van der Waals surface area (Å²) >= 11 is 0. The van der Waals surface area contributed by atoms with Gasteiger partial charge in [-0.15, -0.1) is 0 Å². The Balaban J connectivity index is 1.61. The largest absolute Gasteiger partial charge is 0.379 e. The molecule has 4 rings (SSSR count). The lowest BCUT2D eigenvalue weighted by Crippen LogP contribution is -2.51. The van der Waals surface area contributed by atoms with E-state index in [1.165, 1.54) is 0 Å². The van der Waals surface area contributed by atoms with Crippen molar-refractivity contribution in [3.05, 3.63) is 77.5 Å². The number of aromatic nitrogens is 1. The Labute approximate surface area is 211 Å². The molecule has 2 amide bonds. The Hall–Kier alpha value is -3.89. The summed E-state index contributed by atoms with van der Waals surface area (Å²) in [6.07, 6.45) is 4.85. The van der Waals surface area contributed by atoms with Gasteiger partial charge in [-0.3, -0.25) is 9.59 Å². The lowest BCUT2D eigenvalue weighted by atomic mass is 9.73. The molecule has 7 heteroatoms. The highest BCUT2D eigenvalue weighted by Gasteiger charge is 2.44. The Morgan fingerprint density at radius 2 is 1.78 bits per heavy atom. The Morgan fingerprint density at radius 1 is 1.06 bits per heavy atom. The highest BCUT2D eigenvalue weighted by atomic mass is 16.3. The SMILES string of the molecule is CNC(=O)c1ccc(-c2cccc(CC(O)(C(=O)Nc3ccc(C#N)n3C)C3CCCCC3)c2)cc1. The summed E-state index contributed by atoms with van der Waals surface area (Å²) in [4.78, 5) is 25.4. The molecule has 1 saturated carbocycles. The number of carbonyl (C=O) groups is 2. The van der Waals surface area contributed by atoms with E-state index in [1.54, 1.807) is 42.9 Å². The van der Waals surface area contributed by atoms with Gasteiger partial charge in [-0.05, 0) is 59.7 Å². The van der Waals surface area contributed by atoms with Gasteiger partial charge in [0.2, 0.25) is 0 Å². The third kappa shape index (κ3) is 5.19. The molecule has 0 aliphatic heterocycles. The van der Waals surface area contributed by atoms with Gasteiger partial charge in [0.25, 0.3) is 11.8 Å². The smallest absolute Gasteiger partial charge is 0.258 e. The standard InChI is InChI=1S/C29H32N4O3/c1-31-27(34)22-13-11-21(12-14-22)23-8-6-7-20(17-23)18-29(36,24-9-4-3-5-10-24)28(35)32-26-16-15-25(19-30)33(26)2/h6-8,11-17,24,36H,3-5,9-10,18H2,1-2H3,(H,31,34)(H,32,35). The monoisotopic (exact) mass is 484 g/mol. The van der Waals surface area contributed by atoms with Gasteiger partial charge in [-0.1, -0.05) is 55.7 Å². The van der Waals surface area contributed by atoms with E-state index in [9.17, 15) is 20.0 Å². The number of aliphatic hydroxyl groups is 1. The quantitative estimate of drug-likeness (QED) is 0.462. The number of anilines is 1. The molecule has 0 spiro atoms. The van der Waals surface area contributed by atoms with Gasteiger partial charge in [0, 0.05) is 26.1 Å². The van der Waals surface area contributed by atoms with Gasteiger partial charge in [0.1, 0.15) is 23.2 Å². The van der Waals surface area contributed by atoms with Crippen LogP contribution in [0.15, 0.2) is 60.7 Å². The summed E-state index contributed by atoms with van der Waals surface area (Å²) in [5.41, 5.74) is 2.18. The van der Waals surface area contributed by atoms with Crippen molar-refractivity contribution in [2.24, 2.45) is 13.0 Å². The maximum Gasteiger partial charge on any atom is 0.258 e. The highest BCUT2D eigenvalue weighted by Crippen LogP contribution is 2.36. The van der Waals surface area contributed by atoms with Crippen molar-refractivity contribution in [3.63, 3.8) is 0 Å². The van der Waals surface area contributed by atoms with Gasteiger partial charge < -0.3 is 20.3 Å². The van der Waals surface area contributed by atoms with Gasteiger partial charge in [0.15, 0.2) is 0 Å². The first kappa shape index (κ1) is 25.2. The molecule has 1 aromatic heterocycles. The van der Waals surface area contributed by atoms with Crippen LogP contribution in [-0.2, 0) is 18.3 Å². The summed E-state index contributed by atoms with van der Waals surface area (Å²) < 4.78 is 1.61. The minimum absolute atomic E-state index is 0.140. The van der Waals surface area contributed by atoms with Crippen LogP contribution in [0.2, 0.25) is 0 Å². The molecule has 1 fully saturated rings. The Morgan fingerprint density at radius 3 is 2.42 bits per heavy atom. The number of rotatable bonds is 7. The number of benzene rings is 2.